The van der Waals surface area contributed by atoms with Crippen LogP contribution in [0.5, 0.6) is 0 Å². The molecule has 0 bridgehead atoms. The first-order valence-corrected chi connectivity index (χ1v) is 7.92. The van der Waals surface area contributed by atoms with Gasteiger partial charge in [-0.15, -0.1) is 10.2 Å². The number of aromatic nitrogens is 2. The highest BCUT2D eigenvalue weighted by Crippen LogP contribution is 2.48. The molecule has 0 spiro atoms. The van der Waals surface area contributed by atoms with Crippen molar-refractivity contribution < 1.29 is 18.0 Å². The summed E-state index contributed by atoms with van der Waals surface area (Å²) in [4.78, 5) is 12.0. The maximum absolute atomic E-state index is 12.4. The fourth-order valence-corrected chi connectivity index (χ4v) is 3.03. The van der Waals surface area contributed by atoms with Crippen LogP contribution in [0.2, 0.25) is 0 Å². The fourth-order valence-electron chi connectivity index (χ4n) is 2.15. The van der Waals surface area contributed by atoms with Crippen molar-refractivity contribution in [2.45, 2.75) is 18.5 Å². The van der Waals surface area contributed by atoms with Crippen LogP contribution in [-0.4, -0.2) is 16.1 Å². The van der Waals surface area contributed by atoms with E-state index in [4.69, 9.17) is 0 Å². The second-order valence-corrected chi connectivity index (χ2v) is 6.79. The minimum Gasteiger partial charge on any atom is -0.300 e. The first-order chi connectivity index (χ1) is 10.3. The molecule has 2 aromatic rings. The van der Waals surface area contributed by atoms with Gasteiger partial charge in [0.2, 0.25) is 16.0 Å². The molecule has 0 saturated heterocycles. The van der Waals surface area contributed by atoms with Gasteiger partial charge in [-0.1, -0.05) is 39.4 Å². The smallest absolute Gasteiger partial charge is 0.300 e. The Bertz CT molecular complexity index is 701. The number of carbonyl (C=O) groups excluding carboxylic acids is 1. The van der Waals surface area contributed by atoms with Crippen molar-refractivity contribution in [1.82, 2.24) is 10.2 Å². The third-order valence-corrected chi connectivity index (χ3v) is 4.74. The van der Waals surface area contributed by atoms with Crippen molar-refractivity contribution in [3.63, 3.8) is 0 Å². The molecule has 22 heavy (non-hydrogen) atoms. The van der Waals surface area contributed by atoms with E-state index in [9.17, 15) is 18.0 Å². The number of nitrogens with one attached hydrogen (secondary N) is 1. The summed E-state index contributed by atoms with van der Waals surface area (Å²) >= 11 is 3.66. The molecule has 1 heterocycles. The summed E-state index contributed by atoms with van der Waals surface area (Å²) in [5.74, 6) is -0.458. The number of alkyl halides is 3. The van der Waals surface area contributed by atoms with Crippen LogP contribution in [0.3, 0.4) is 0 Å². The van der Waals surface area contributed by atoms with Gasteiger partial charge in [0.1, 0.15) is 0 Å². The quantitative estimate of drug-likeness (QED) is 0.857. The average molecular weight is 392 g/mol. The van der Waals surface area contributed by atoms with E-state index in [0.717, 1.165) is 10.0 Å². The maximum Gasteiger partial charge on any atom is 0.445 e. The molecule has 116 valence electrons. The Balaban J connectivity index is 1.62. The van der Waals surface area contributed by atoms with E-state index < -0.39 is 11.2 Å². The minimum absolute atomic E-state index is 0.100. The van der Waals surface area contributed by atoms with Crippen molar-refractivity contribution in [3.8, 4) is 0 Å². The molecule has 2 unspecified atom stereocenters. The molecule has 2 atom stereocenters. The van der Waals surface area contributed by atoms with Crippen molar-refractivity contribution in [2.75, 3.05) is 5.32 Å². The second kappa shape index (κ2) is 5.62. The summed E-state index contributed by atoms with van der Waals surface area (Å²) in [6, 6.07) is 7.63. The van der Waals surface area contributed by atoms with Gasteiger partial charge in [0, 0.05) is 10.4 Å². The molecule has 1 aromatic carbocycles. The zero-order valence-electron chi connectivity index (χ0n) is 10.9. The Morgan fingerprint density at radius 1 is 1.27 bits per heavy atom. The zero-order valence-corrected chi connectivity index (χ0v) is 13.3. The van der Waals surface area contributed by atoms with E-state index in [1.165, 1.54) is 0 Å². The number of halogens is 4. The highest BCUT2D eigenvalue weighted by atomic mass is 79.9. The van der Waals surface area contributed by atoms with Crippen LogP contribution in [0.1, 0.15) is 22.9 Å². The first kappa shape index (κ1) is 15.4. The van der Waals surface area contributed by atoms with Crippen LogP contribution in [0.15, 0.2) is 28.7 Å². The van der Waals surface area contributed by atoms with E-state index in [0.29, 0.717) is 17.8 Å². The van der Waals surface area contributed by atoms with Gasteiger partial charge in [-0.3, -0.25) is 4.79 Å². The topological polar surface area (TPSA) is 54.9 Å². The van der Waals surface area contributed by atoms with Crippen LogP contribution >= 0.6 is 27.3 Å². The highest BCUT2D eigenvalue weighted by Gasteiger charge is 2.44. The molecule has 1 aliphatic rings. The molecule has 9 heteroatoms. The molecule has 1 amide bonds. The van der Waals surface area contributed by atoms with E-state index in [-0.39, 0.29) is 22.9 Å². The predicted octanol–water partition coefficient (Wildman–Crippen LogP) is 4.06. The lowest BCUT2D eigenvalue weighted by atomic mass is 10.1. The predicted molar refractivity (Wildman–Crippen MR) is 78.5 cm³/mol. The summed E-state index contributed by atoms with van der Waals surface area (Å²) in [6.07, 6.45) is -3.86. The van der Waals surface area contributed by atoms with Crippen LogP contribution in [0.4, 0.5) is 18.3 Å². The van der Waals surface area contributed by atoms with E-state index in [2.05, 4.69) is 31.4 Å². The Kier molecular flexibility index (Phi) is 3.94. The monoisotopic (exact) mass is 391 g/mol. The lowest BCUT2D eigenvalue weighted by molar-refractivity contribution is -0.138. The van der Waals surface area contributed by atoms with Crippen LogP contribution < -0.4 is 5.32 Å². The zero-order chi connectivity index (χ0) is 15.9. The van der Waals surface area contributed by atoms with Gasteiger partial charge in [-0.05, 0) is 30.0 Å². The molecule has 3 rings (SSSR count). The van der Waals surface area contributed by atoms with E-state index in [1.54, 1.807) is 0 Å². The molecule has 0 radical (unpaired) electrons. The fraction of sp³-hybridized carbons (Fsp3) is 0.308. The number of anilines is 1. The summed E-state index contributed by atoms with van der Waals surface area (Å²) in [7, 11) is 0. The lowest BCUT2D eigenvalue weighted by Gasteiger charge is -2.02. The lowest BCUT2D eigenvalue weighted by Crippen LogP contribution is -2.14. The van der Waals surface area contributed by atoms with Crippen molar-refractivity contribution in [2.24, 2.45) is 5.92 Å². The Labute approximate surface area is 135 Å². The largest absolute Gasteiger partial charge is 0.445 e. The SMILES string of the molecule is O=C(Nc1nnc(C(F)(F)F)s1)C1CC1c1ccc(Br)cc1. The number of benzene rings is 1. The molecule has 0 aliphatic heterocycles. The maximum atomic E-state index is 12.4. The Morgan fingerprint density at radius 3 is 2.55 bits per heavy atom. The van der Waals surface area contributed by atoms with Crippen molar-refractivity contribution in [1.29, 1.82) is 0 Å². The van der Waals surface area contributed by atoms with Crippen LogP contribution in [0.25, 0.3) is 0 Å². The standard InChI is InChI=1S/C13H9BrF3N3OS/c14-7-3-1-6(2-4-7)8-5-9(8)10(21)18-12-20-19-11(22-12)13(15,16)17/h1-4,8-9H,5H2,(H,18,20,21). The number of nitrogens with zero attached hydrogens (tertiary/aromatic N) is 2. The Hall–Kier alpha value is -1.48. The van der Waals surface area contributed by atoms with Crippen molar-refractivity contribution in [3.05, 3.63) is 39.3 Å². The molecule has 1 N–H and O–H groups in total. The number of hydrogen-bond acceptors (Lipinski definition) is 4. The minimum atomic E-state index is -4.54. The molecular formula is C13H9BrF3N3OS. The van der Waals surface area contributed by atoms with Gasteiger partial charge in [0.25, 0.3) is 0 Å². The second-order valence-electron chi connectivity index (χ2n) is 4.90. The normalized spacial score (nSPS) is 20.7. The first-order valence-electron chi connectivity index (χ1n) is 6.31. The van der Waals surface area contributed by atoms with Gasteiger partial charge >= 0.3 is 6.18 Å². The summed E-state index contributed by atoms with van der Waals surface area (Å²) in [6.45, 7) is 0. The number of rotatable bonds is 3. The molecule has 1 fully saturated rings. The Morgan fingerprint density at radius 2 is 1.95 bits per heavy atom. The number of amides is 1. The molecule has 1 saturated carbocycles. The van der Waals surface area contributed by atoms with Gasteiger partial charge in [-0.2, -0.15) is 13.2 Å². The van der Waals surface area contributed by atoms with Crippen LogP contribution in [-0.2, 0) is 11.0 Å². The van der Waals surface area contributed by atoms with Crippen molar-refractivity contribution >= 4 is 38.3 Å². The van der Waals surface area contributed by atoms with Gasteiger partial charge in [-0.25, -0.2) is 0 Å². The van der Waals surface area contributed by atoms with Gasteiger partial charge < -0.3 is 5.32 Å². The molecular weight excluding hydrogens is 383 g/mol. The molecule has 4 nitrogen and oxygen atoms in total. The summed E-state index contributed by atoms with van der Waals surface area (Å²) < 4.78 is 38.2. The summed E-state index contributed by atoms with van der Waals surface area (Å²) in [5.41, 5.74) is 1.04. The molecule has 1 aromatic heterocycles. The van der Waals surface area contributed by atoms with Crippen LogP contribution in [0, 0.1) is 5.92 Å². The van der Waals surface area contributed by atoms with E-state index in [1.807, 2.05) is 24.3 Å². The van der Waals surface area contributed by atoms with E-state index >= 15 is 0 Å². The highest BCUT2D eigenvalue weighted by molar-refractivity contribution is 9.10. The molecule has 1 aliphatic carbocycles. The van der Waals surface area contributed by atoms with Gasteiger partial charge in [0.15, 0.2) is 0 Å². The number of hydrogen-bond donors (Lipinski definition) is 1. The third kappa shape index (κ3) is 3.30. The average Bonchev–Trinajstić information content (AvgIpc) is 3.10. The number of carbonyl (C=O) groups is 1. The third-order valence-electron chi connectivity index (χ3n) is 3.32. The van der Waals surface area contributed by atoms with Gasteiger partial charge in [0.05, 0.1) is 0 Å². The summed E-state index contributed by atoms with van der Waals surface area (Å²) in [5, 5.41) is 7.59.